The molecule has 2 aromatic carbocycles. The Hall–Kier alpha value is -1.98. The van der Waals surface area contributed by atoms with Crippen molar-refractivity contribution in [1.29, 1.82) is 0 Å². The van der Waals surface area contributed by atoms with E-state index < -0.39 is 0 Å². The summed E-state index contributed by atoms with van der Waals surface area (Å²) in [5, 5.41) is 0. The highest BCUT2D eigenvalue weighted by Crippen LogP contribution is 2.16. The third-order valence-corrected chi connectivity index (χ3v) is 4.74. The molecule has 0 aliphatic carbocycles. The van der Waals surface area contributed by atoms with Gasteiger partial charge in [0.25, 0.3) is 0 Å². The van der Waals surface area contributed by atoms with Gasteiger partial charge in [-0.05, 0) is 48.7 Å². The topological polar surface area (TPSA) is 32.8 Å². The molecule has 134 valence electrons. The molecule has 0 aliphatic rings. The van der Waals surface area contributed by atoms with Crippen LogP contribution in [0.15, 0.2) is 53.4 Å². The minimum atomic E-state index is 0.103. The summed E-state index contributed by atoms with van der Waals surface area (Å²) in [4.78, 5) is 17.5. The van der Waals surface area contributed by atoms with E-state index >= 15 is 0 Å². The van der Waals surface area contributed by atoms with Crippen LogP contribution in [0.2, 0.25) is 0 Å². The number of hydrogen-bond donors (Lipinski definition) is 0. The minimum absolute atomic E-state index is 0.103. The van der Waals surface area contributed by atoms with Crippen molar-refractivity contribution < 1.29 is 9.53 Å². The summed E-state index contributed by atoms with van der Waals surface area (Å²) in [6.07, 6.45) is 2.07. The maximum absolute atomic E-state index is 12.5. The maximum atomic E-state index is 12.5. The van der Waals surface area contributed by atoms with Gasteiger partial charge in [0.1, 0.15) is 5.75 Å². The average Bonchev–Trinajstić information content (AvgIpc) is 2.62. The lowest BCUT2D eigenvalue weighted by molar-refractivity contribution is -0.131. The third-order valence-electron chi connectivity index (χ3n) is 4.00. The van der Waals surface area contributed by atoms with E-state index in [4.69, 9.17) is 4.74 Å². The molecule has 25 heavy (non-hydrogen) atoms. The molecule has 0 radical (unpaired) electrons. The smallest absolute Gasteiger partial charge is 0.236 e. The van der Waals surface area contributed by atoms with Gasteiger partial charge in [-0.1, -0.05) is 24.3 Å². The van der Waals surface area contributed by atoms with Crippen molar-refractivity contribution in [3.05, 3.63) is 59.7 Å². The predicted octanol–water partition coefficient (Wildman–Crippen LogP) is 3.51. The van der Waals surface area contributed by atoms with Crippen molar-refractivity contribution in [2.24, 2.45) is 0 Å². The molecule has 0 heterocycles. The number of ether oxygens (including phenoxy) is 1. The Labute approximate surface area is 154 Å². The van der Waals surface area contributed by atoms with Crippen LogP contribution in [0, 0.1) is 0 Å². The number of carbonyl (C=O) groups is 1. The number of hydrogen-bond acceptors (Lipinski definition) is 4. The second kappa shape index (κ2) is 9.49. The SMILES string of the molecule is COc1cccc(CN(C)C(=O)CN(C)Cc2ccc(SC)cc2)c1. The Balaban J connectivity index is 1.86. The number of benzene rings is 2. The Kier molecular flexibility index (Phi) is 7.34. The van der Waals surface area contributed by atoms with E-state index in [1.807, 2.05) is 43.3 Å². The Morgan fingerprint density at radius 3 is 2.40 bits per heavy atom. The van der Waals surface area contributed by atoms with Gasteiger partial charge in [0.15, 0.2) is 0 Å². The van der Waals surface area contributed by atoms with Crippen LogP contribution < -0.4 is 4.74 Å². The summed E-state index contributed by atoms with van der Waals surface area (Å²) in [5.41, 5.74) is 2.27. The predicted molar refractivity (Wildman–Crippen MR) is 104 cm³/mol. The molecular weight excluding hydrogens is 332 g/mol. The van der Waals surface area contributed by atoms with E-state index in [1.165, 1.54) is 10.5 Å². The van der Waals surface area contributed by atoms with Crippen LogP contribution in [-0.4, -0.2) is 49.7 Å². The molecule has 4 nitrogen and oxygen atoms in total. The zero-order valence-corrected chi connectivity index (χ0v) is 16.2. The Bertz CT molecular complexity index is 688. The van der Waals surface area contributed by atoms with E-state index in [0.29, 0.717) is 13.1 Å². The fourth-order valence-corrected chi connectivity index (χ4v) is 2.99. The Morgan fingerprint density at radius 1 is 1.04 bits per heavy atom. The second-order valence-electron chi connectivity index (χ2n) is 6.12. The zero-order chi connectivity index (χ0) is 18.2. The van der Waals surface area contributed by atoms with Gasteiger partial charge in [0.05, 0.1) is 13.7 Å². The van der Waals surface area contributed by atoms with Crippen LogP contribution in [0.5, 0.6) is 5.75 Å². The second-order valence-corrected chi connectivity index (χ2v) is 7.00. The van der Waals surface area contributed by atoms with Gasteiger partial charge in [-0.3, -0.25) is 9.69 Å². The molecule has 0 aliphatic heterocycles. The molecular formula is C20H26N2O2S. The highest BCUT2D eigenvalue weighted by molar-refractivity contribution is 7.98. The molecule has 0 aromatic heterocycles. The summed E-state index contributed by atoms with van der Waals surface area (Å²) >= 11 is 1.73. The van der Waals surface area contributed by atoms with Gasteiger partial charge in [0, 0.05) is 25.0 Å². The molecule has 0 spiro atoms. The lowest BCUT2D eigenvalue weighted by Gasteiger charge is -2.22. The van der Waals surface area contributed by atoms with Crippen molar-refractivity contribution in [2.45, 2.75) is 18.0 Å². The van der Waals surface area contributed by atoms with E-state index in [0.717, 1.165) is 17.9 Å². The van der Waals surface area contributed by atoms with E-state index in [-0.39, 0.29) is 5.91 Å². The first-order valence-electron chi connectivity index (χ1n) is 8.20. The molecule has 0 saturated heterocycles. The lowest BCUT2D eigenvalue weighted by atomic mass is 10.2. The quantitative estimate of drug-likeness (QED) is 0.676. The highest BCUT2D eigenvalue weighted by atomic mass is 32.2. The van der Waals surface area contributed by atoms with Crippen molar-refractivity contribution in [3.8, 4) is 5.75 Å². The van der Waals surface area contributed by atoms with Crippen molar-refractivity contribution in [1.82, 2.24) is 9.80 Å². The zero-order valence-electron chi connectivity index (χ0n) is 15.4. The molecule has 0 N–H and O–H groups in total. The van der Waals surface area contributed by atoms with Gasteiger partial charge in [-0.25, -0.2) is 0 Å². The molecule has 0 saturated carbocycles. The molecule has 2 aromatic rings. The first-order chi connectivity index (χ1) is 12.0. The van der Waals surface area contributed by atoms with Crippen LogP contribution >= 0.6 is 11.8 Å². The monoisotopic (exact) mass is 358 g/mol. The number of amides is 1. The van der Waals surface area contributed by atoms with Crippen molar-refractivity contribution in [3.63, 3.8) is 0 Å². The summed E-state index contributed by atoms with van der Waals surface area (Å²) in [6, 6.07) is 16.3. The normalized spacial score (nSPS) is 10.8. The number of thioether (sulfide) groups is 1. The van der Waals surface area contributed by atoms with Gasteiger partial charge in [0.2, 0.25) is 5.91 Å². The molecule has 0 unspecified atom stereocenters. The highest BCUT2D eigenvalue weighted by Gasteiger charge is 2.13. The number of carbonyl (C=O) groups excluding carboxylic acids is 1. The van der Waals surface area contributed by atoms with E-state index in [9.17, 15) is 4.79 Å². The molecule has 0 fully saturated rings. The fraction of sp³-hybridized carbons (Fsp3) is 0.350. The van der Waals surface area contributed by atoms with E-state index in [2.05, 4.69) is 30.5 Å². The van der Waals surface area contributed by atoms with Gasteiger partial charge >= 0.3 is 0 Å². The minimum Gasteiger partial charge on any atom is -0.497 e. The van der Waals surface area contributed by atoms with Gasteiger partial charge in [-0.15, -0.1) is 11.8 Å². The molecule has 0 atom stereocenters. The molecule has 2 rings (SSSR count). The first-order valence-corrected chi connectivity index (χ1v) is 9.42. The van der Waals surface area contributed by atoms with Crippen LogP contribution in [0.4, 0.5) is 0 Å². The summed E-state index contributed by atoms with van der Waals surface area (Å²) in [7, 11) is 5.46. The summed E-state index contributed by atoms with van der Waals surface area (Å²) in [6.45, 7) is 1.73. The lowest BCUT2D eigenvalue weighted by Crippen LogP contribution is -2.36. The Morgan fingerprint density at radius 2 is 1.76 bits per heavy atom. The summed E-state index contributed by atoms with van der Waals surface area (Å²) < 4.78 is 5.23. The number of likely N-dealkylation sites (N-methyl/N-ethyl adjacent to an activating group) is 2. The van der Waals surface area contributed by atoms with Crippen LogP contribution in [0.25, 0.3) is 0 Å². The van der Waals surface area contributed by atoms with E-state index in [1.54, 1.807) is 23.8 Å². The maximum Gasteiger partial charge on any atom is 0.236 e. The third kappa shape index (κ3) is 6.11. The average molecular weight is 359 g/mol. The molecule has 1 amide bonds. The largest absolute Gasteiger partial charge is 0.497 e. The number of methoxy groups -OCH3 is 1. The van der Waals surface area contributed by atoms with Gasteiger partial charge < -0.3 is 9.64 Å². The summed E-state index contributed by atoms with van der Waals surface area (Å²) in [5.74, 6) is 0.912. The van der Waals surface area contributed by atoms with Crippen LogP contribution in [0.3, 0.4) is 0 Å². The number of nitrogens with zero attached hydrogens (tertiary/aromatic N) is 2. The van der Waals surface area contributed by atoms with Gasteiger partial charge in [-0.2, -0.15) is 0 Å². The molecule has 0 bridgehead atoms. The first kappa shape index (κ1) is 19.3. The number of rotatable bonds is 8. The van der Waals surface area contributed by atoms with Crippen molar-refractivity contribution in [2.75, 3.05) is 34.0 Å². The van der Waals surface area contributed by atoms with Crippen molar-refractivity contribution >= 4 is 17.7 Å². The van der Waals surface area contributed by atoms with Crippen LogP contribution in [0.1, 0.15) is 11.1 Å². The fourth-order valence-electron chi connectivity index (χ4n) is 2.58. The standard InChI is InChI=1S/C20H26N2O2S/c1-21(13-16-8-10-19(25-4)11-9-16)15-20(23)22(2)14-17-6-5-7-18(12-17)24-3/h5-12H,13-15H2,1-4H3. The molecule has 5 heteroatoms. The van der Waals surface area contributed by atoms with Crippen LogP contribution in [-0.2, 0) is 17.9 Å².